The molecule has 0 aliphatic carbocycles. The van der Waals surface area contributed by atoms with E-state index in [9.17, 15) is 0 Å². The zero-order valence-corrected chi connectivity index (χ0v) is 15.2. The number of rotatable bonds is 8. The second-order valence-electron chi connectivity index (χ2n) is 5.97. The molecule has 6 heteroatoms. The molecule has 0 aromatic carbocycles. The first-order valence-corrected chi connectivity index (χ1v) is 8.74. The van der Waals surface area contributed by atoms with E-state index in [0.717, 1.165) is 36.8 Å². The lowest BCUT2D eigenvalue weighted by molar-refractivity contribution is 0.368. The van der Waals surface area contributed by atoms with Gasteiger partial charge in [-0.3, -0.25) is 0 Å². The summed E-state index contributed by atoms with van der Waals surface area (Å²) in [5.74, 6) is 2.09. The molecule has 0 aliphatic heterocycles. The fraction of sp³-hybridized carbons (Fsp3) is 0.556. The number of nitrogens with zero attached hydrogens (tertiary/aromatic N) is 3. The normalized spacial score (nSPS) is 12.0. The summed E-state index contributed by atoms with van der Waals surface area (Å²) in [6.07, 6.45) is 6.26. The number of hydrogen-bond donors (Lipinski definition) is 2. The molecule has 24 heavy (non-hydrogen) atoms. The highest BCUT2D eigenvalue weighted by atomic mass is 16.5. The molecule has 6 nitrogen and oxygen atoms in total. The van der Waals surface area contributed by atoms with Crippen LogP contribution >= 0.6 is 0 Å². The summed E-state index contributed by atoms with van der Waals surface area (Å²) in [6.45, 7) is 8.45. The topological polar surface area (TPSA) is 67.4 Å². The van der Waals surface area contributed by atoms with Gasteiger partial charge in [0.05, 0.1) is 18.8 Å². The molecule has 0 saturated heterocycles. The van der Waals surface area contributed by atoms with Crippen molar-refractivity contribution in [3.8, 4) is 0 Å². The molecular weight excluding hydrogens is 302 g/mol. The zero-order chi connectivity index (χ0) is 17.4. The van der Waals surface area contributed by atoms with Gasteiger partial charge in [0.15, 0.2) is 11.7 Å². The van der Waals surface area contributed by atoms with Crippen LogP contribution in [0.3, 0.4) is 0 Å². The first-order chi connectivity index (χ1) is 11.7. The van der Waals surface area contributed by atoms with E-state index in [-0.39, 0.29) is 0 Å². The molecule has 0 unspecified atom stereocenters. The van der Waals surface area contributed by atoms with Crippen molar-refractivity contribution in [3.63, 3.8) is 0 Å². The average Bonchev–Trinajstić information content (AvgIpc) is 3.21. The third-order valence-electron chi connectivity index (χ3n) is 4.07. The summed E-state index contributed by atoms with van der Waals surface area (Å²) in [5.41, 5.74) is 2.23. The minimum Gasteiger partial charge on any atom is -0.359 e. The third kappa shape index (κ3) is 5.15. The quantitative estimate of drug-likeness (QED) is 0.576. The number of nitrogens with one attached hydrogen (secondary N) is 2. The van der Waals surface area contributed by atoms with E-state index >= 15 is 0 Å². The predicted octanol–water partition coefficient (Wildman–Crippen LogP) is 3.17. The second kappa shape index (κ2) is 9.15. The summed E-state index contributed by atoms with van der Waals surface area (Å²) in [4.78, 5) is 4.61. The molecule has 0 atom stereocenters. The van der Waals surface area contributed by atoms with Crippen LogP contribution in [0.1, 0.15) is 56.5 Å². The van der Waals surface area contributed by atoms with Gasteiger partial charge in [0.25, 0.3) is 0 Å². The van der Waals surface area contributed by atoms with Gasteiger partial charge in [-0.15, -0.1) is 0 Å². The molecule has 0 radical (unpaired) electrons. The molecule has 2 aromatic rings. The van der Waals surface area contributed by atoms with Crippen LogP contribution in [0.25, 0.3) is 0 Å². The van der Waals surface area contributed by atoms with Crippen LogP contribution in [0.4, 0.5) is 0 Å². The molecule has 0 fully saturated rings. The molecule has 2 rings (SSSR count). The van der Waals surface area contributed by atoms with Gasteiger partial charge < -0.3 is 19.7 Å². The van der Waals surface area contributed by atoms with Gasteiger partial charge in [0, 0.05) is 38.0 Å². The van der Waals surface area contributed by atoms with Crippen LogP contribution in [-0.2, 0) is 20.1 Å². The van der Waals surface area contributed by atoms with Crippen LogP contribution in [0.15, 0.2) is 34.0 Å². The summed E-state index contributed by atoms with van der Waals surface area (Å²) in [6, 6.07) is 4.12. The molecule has 0 spiro atoms. The fourth-order valence-electron chi connectivity index (χ4n) is 2.65. The Labute approximate surface area is 144 Å². The lowest BCUT2D eigenvalue weighted by Crippen LogP contribution is -2.36. The van der Waals surface area contributed by atoms with E-state index in [4.69, 9.17) is 4.52 Å². The largest absolute Gasteiger partial charge is 0.359 e. The average molecular weight is 331 g/mol. The molecule has 0 aliphatic rings. The Morgan fingerprint density at radius 1 is 1.29 bits per heavy atom. The maximum atomic E-state index is 5.45. The van der Waals surface area contributed by atoms with E-state index in [1.165, 1.54) is 5.56 Å². The number of aryl methyl sites for hydroxylation is 1. The van der Waals surface area contributed by atoms with E-state index in [2.05, 4.69) is 53.8 Å². The van der Waals surface area contributed by atoms with E-state index < -0.39 is 0 Å². The third-order valence-corrected chi connectivity index (χ3v) is 4.07. The number of aromatic nitrogens is 2. The zero-order valence-electron chi connectivity index (χ0n) is 15.2. The summed E-state index contributed by atoms with van der Waals surface area (Å²) in [5, 5.41) is 10.8. The maximum absolute atomic E-state index is 5.45. The molecule has 0 amide bonds. The number of aliphatic imine (C=N–C) groups is 1. The van der Waals surface area contributed by atoms with Crippen LogP contribution in [-0.4, -0.2) is 22.2 Å². The molecule has 2 heterocycles. The van der Waals surface area contributed by atoms with Gasteiger partial charge >= 0.3 is 0 Å². The number of hydrogen-bond acceptors (Lipinski definition) is 3. The Balaban J connectivity index is 1.93. The van der Waals surface area contributed by atoms with Crippen LogP contribution in [0, 0.1) is 0 Å². The van der Waals surface area contributed by atoms with Gasteiger partial charge in [-0.1, -0.05) is 19.0 Å². The van der Waals surface area contributed by atoms with Crippen LogP contribution in [0.5, 0.6) is 0 Å². The summed E-state index contributed by atoms with van der Waals surface area (Å²) >= 11 is 0. The summed E-state index contributed by atoms with van der Waals surface area (Å²) in [7, 11) is 2.01. The van der Waals surface area contributed by atoms with E-state index in [1.54, 1.807) is 0 Å². The predicted molar refractivity (Wildman–Crippen MR) is 96.9 cm³/mol. The molecule has 132 valence electrons. The lowest BCUT2D eigenvalue weighted by Gasteiger charge is -2.09. The highest BCUT2D eigenvalue weighted by Gasteiger charge is 2.13. The van der Waals surface area contributed by atoms with Gasteiger partial charge in [0.2, 0.25) is 0 Å². The Kier molecular flexibility index (Phi) is 6.90. The first-order valence-electron chi connectivity index (χ1n) is 8.74. The van der Waals surface area contributed by atoms with Crippen molar-refractivity contribution in [1.29, 1.82) is 0 Å². The standard InChI is InChI=1S/C18H29N5O/c1-5-15(6-2)17-10-16(24-22-17)12-21-18(19-7-3)20-11-14-8-9-23(4)13-14/h8-10,13,15H,5-7,11-12H2,1-4H3,(H2,19,20,21). The molecular formula is C18H29N5O. The minimum absolute atomic E-state index is 0.475. The Hall–Kier alpha value is -2.24. The van der Waals surface area contributed by atoms with Crippen molar-refractivity contribution < 1.29 is 4.52 Å². The maximum Gasteiger partial charge on any atom is 0.191 e. The van der Waals surface area contributed by atoms with E-state index in [1.807, 2.05) is 23.9 Å². The second-order valence-corrected chi connectivity index (χ2v) is 5.97. The SMILES string of the molecule is CCNC(=NCc1ccn(C)c1)NCc1cc(C(CC)CC)no1. The van der Waals surface area contributed by atoms with Gasteiger partial charge in [-0.05, 0) is 31.4 Å². The van der Waals surface area contributed by atoms with Crippen LogP contribution < -0.4 is 10.6 Å². The first kappa shape index (κ1) is 18.1. The molecule has 0 bridgehead atoms. The van der Waals surface area contributed by atoms with Gasteiger partial charge in [0.1, 0.15) is 0 Å². The molecule has 2 N–H and O–H groups in total. The highest BCUT2D eigenvalue weighted by molar-refractivity contribution is 5.79. The van der Waals surface area contributed by atoms with Gasteiger partial charge in [-0.25, -0.2) is 4.99 Å². The van der Waals surface area contributed by atoms with Crippen molar-refractivity contribution >= 4 is 5.96 Å². The Morgan fingerprint density at radius 2 is 2.08 bits per heavy atom. The Morgan fingerprint density at radius 3 is 2.71 bits per heavy atom. The van der Waals surface area contributed by atoms with Crippen LogP contribution in [0.2, 0.25) is 0 Å². The van der Waals surface area contributed by atoms with Gasteiger partial charge in [-0.2, -0.15) is 0 Å². The monoisotopic (exact) mass is 331 g/mol. The number of guanidine groups is 1. The van der Waals surface area contributed by atoms with E-state index in [0.29, 0.717) is 19.0 Å². The summed E-state index contributed by atoms with van der Waals surface area (Å²) < 4.78 is 7.47. The molecule has 2 aromatic heterocycles. The van der Waals surface area contributed by atoms with Crippen molar-refractivity contribution in [2.45, 2.75) is 52.6 Å². The van der Waals surface area contributed by atoms with Crippen molar-refractivity contribution in [2.24, 2.45) is 12.0 Å². The Bertz CT molecular complexity index is 639. The van der Waals surface area contributed by atoms with Crippen molar-refractivity contribution in [1.82, 2.24) is 20.4 Å². The molecule has 0 saturated carbocycles. The van der Waals surface area contributed by atoms with Crippen molar-refractivity contribution in [2.75, 3.05) is 6.54 Å². The fourth-order valence-corrected chi connectivity index (χ4v) is 2.65. The highest BCUT2D eigenvalue weighted by Crippen LogP contribution is 2.22. The smallest absolute Gasteiger partial charge is 0.191 e. The lowest BCUT2D eigenvalue weighted by atomic mass is 9.99. The van der Waals surface area contributed by atoms with Crippen molar-refractivity contribution in [3.05, 3.63) is 41.5 Å². The minimum atomic E-state index is 0.475.